The van der Waals surface area contributed by atoms with Gasteiger partial charge in [-0.05, 0) is 30.2 Å². The van der Waals surface area contributed by atoms with Crippen LogP contribution in [0.25, 0.3) is 5.69 Å². The minimum atomic E-state index is -0.628. The Bertz CT molecular complexity index is 893. The van der Waals surface area contributed by atoms with Gasteiger partial charge in [0.15, 0.2) is 0 Å². The number of hydrogen-bond donors (Lipinski definition) is 2. The summed E-state index contributed by atoms with van der Waals surface area (Å²) in [5.74, 6) is -0.289. The largest absolute Gasteiger partial charge is 0.445 e. The van der Waals surface area contributed by atoms with Crippen LogP contribution < -0.4 is 10.6 Å². The highest BCUT2D eigenvalue weighted by Gasteiger charge is 2.11. The number of benzene rings is 2. The van der Waals surface area contributed by atoms with Gasteiger partial charge >= 0.3 is 6.09 Å². The summed E-state index contributed by atoms with van der Waals surface area (Å²) < 4.78 is 6.98. The van der Waals surface area contributed by atoms with Crippen LogP contribution >= 0.6 is 0 Å². The minimum Gasteiger partial charge on any atom is -0.445 e. The topological polar surface area (TPSA) is 85.3 Å². The van der Waals surface area contributed by atoms with E-state index in [4.69, 9.17) is 4.74 Å². The molecule has 144 valence electrons. The van der Waals surface area contributed by atoms with Gasteiger partial charge in [-0.1, -0.05) is 42.5 Å². The van der Waals surface area contributed by atoms with Crippen molar-refractivity contribution in [2.45, 2.75) is 19.6 Å². The number of imidazole rings is 1. The average Bonchev–Trinajstić information content (AvgIpc) is 3.26. The maximum atomic E-state index is 12.1. The van der Waals surface area contributed by atoms with Crippen molar-refractivity contribution >= 4 is 12.0 Å². The Labute approximate surface area is 163 Å². The molecule has 3 aromatic rings. The second-order valence-electron chi connectivity index (χ2n) is 6.27. The summed E-state index contributed by atoms with van der Waals surface area (Å²) in [4.78, 5) is 27.8. The van der Waals surface area contributed by atoms with E-state index >= 15 is 0 Å². The number of ether oxygens (including phenoxy) is 1. The zero-order valence-electron chi connectivity index (χ0n) is 15.5. The molecule has 28 heavy (non-hydrogen) atoms. The molecule has 0 aliphatic rings. The molecule has 2 amide bonds. The SMILES string of the molecule is CC(NC(=O)CNC(=O)OCc1ccccc1)c1ccc(-n2ccnc2)cc1. The summed E-state index contributed by atoms with van der Waals surface area (Å²) in [6.07, 6.45) is 4.68. The lowest BCUT2D eigenvalue weighted by molar-refractivity contribution is -0.120. The van der Waals surface area contributed by atoms with Gasteiger partial charge in [0, 0.05) is 18.1 Å². The van der Waals surface area contributed by atoms with Gasteiger partial charge in [-0.2, -0.15) is 0 Å². The summed E-state index contributed by atoms with van der Waals surface area (Å²) in [5.41, 5.74) is 2.83. The number of nitrogens with zero attached hydrogens (tertiary/aromatic N) is 2. The van der Waals surface area contributed by atoms with Crippen LogP contribution in [0.4, 0.5) is 4.79 Å². The smallest absolute Gasteiger partial charge is 0.407 e. The first-order valence-electron chi connectivity index (χ1n) is 8.94. The lowest BCUT2D eigenvalue weighted by Gasteiger charge is -2.15. The number of rotatable bonds is 7. The number of alkyl carbamates (subject to hydrolysis) is 1. The molecule has 3 rings (SSSR count). The quantitative estimate of drug-likeness (QED) is 0.662. The normalized spacial score (nSPS) is 11.5. The van der Waals surface area contributed by atoms with E-state index in [2.05, 4.69) is 15.6 Å². The van der Waals surface area contributed by atoms with E-state index in [1.54, 1.807) is 12.5 Å². The second kappa shape index (κ2) is 9.36. The molecule has 1 atom stereocenters. The Morgan fingerprint density at radius 2 is 1.86 bits per heavy atom. The molecule has 7 heteroatoms. The van der Waals surface area contributed by atoms with Crippen LogP contribution in [-0.4, -0.2) is 28.1 Å². The third-order valence-electron chi connectivity index (χ3n) is 4.18. The molecule has 0 radical (unpaired) electrons. The molecule has 0 spiro atoms. The zero-order valence-corrected chi connectivity index (χ0v) is 15.5. The third kappa shape index (κ3) is 5.44. The van der Waals surface area contributed by atoms with Crippen molar-refractivity contribution < 1.29 is 14.3 Å². The summed E-state index contributed by atoms with van der Waals surface area (Å²) >= 11 is 0. The Kier molecular flexibility index (Phi) is 6.41. The van der Waals surface area contributed by atoms with Gasteiger partial charge in [-0.3, -0.25) is 4.79 Å². The maximum absolute atomic E-state index is 12.1. The van der Waals surface area contributed by atoms with E-state index in [9.17, 15) is 9.59 Å². The maximum Gasteiger partial charge on any atom is 0.407 e. The number of aromatic nitrogens is 2. The van der Waals surface area contributed by atoms with Gasteiger partial charge in [0.05, 0.1) is 12.4 Å². The monoisotopic (exact) mass is 378 g/mol. The van der Waals surface area contributed by atoms with Gasteiger partial charge < -0.3 is 19.9 Å². The molecule has 1 aromatic heterocycles. The predicted octanol–water partition coefficient (Wildman–Crippen LogP) is 2.98. The van der Waals surface area contributed by atoms with E-state index in [0.717, 1.165) is 16.8 Å². The highest BCUT2D eigenvalue weighted by Crippen LogP contribution is 2.15. The van der Waals surface area contributed by atoms with Crippen molar-refractivity contribution in [2.75, 3.05) is 6.54 Å². The first kappa shape index (κ1) is 19.2. The van der Waals surface area contributed by atoms with Gasteiger partial charge in [0.2, 0.25) is 5.91 Å². The molecule has 0 aliphatic heterocycles. The average molecular weight is 378 g/mol. The molecule has 0 saturated carbocycles. The fourth-order valence-electron chi connectivity index (χ4n) is 2.65. The van der Waals surface area contributed by atoms with Crippen molar-refractivity contribution in [3.8, 4) is 5.69 Å². The second-order valence-corrected chi connectivity index (χ2v) is 6.27. The van der Waals surface area contributed by atoms with Gasteiger partial charge in [0.1, 0.15) is 13.2 Å². The minimum absolute atomic E-state index is 0.148. The zero-order chi connectivity index (χ0) is 19.8. The number of hydrogen-bond acceptors (Lipinski definition) is 4. The molecule has 1 heterocycles. The summed E-state index contributed by atoms with van der Waals surface area (Å²) in [6, 6.07) is 17.0. The molecule has 2 N–H and O–H groups in total. The van der Waals surface area contributed by atoms with Crippen LogP contribution in [0.3, 0.4) is 0 Å². The lowest BCUT2D eigenvalue weighted by Crippen LogP contribution is -2.38. The van der Waals surface area contributed by atoms with Crippen LogP contribution in [0.2, 0.25) is 0 Å². The van der Waals surface area contributed by atoms with Crippen LogP contribution in [-0.2, 0) is 16.1 Å². The number of carbonyl (C=O) groups is 2. The van der Waals surface area contributed by atoms with Crippen molar-refractivity contribution in [3.05, 3.63) is 84.4 Å². The Morgan fingerprint density at radius 1 is 1.11 bits per heavy atom. The molecule has 1 unspecified atom stereocenters. The van der Waals surface area contributed by atoms with E-state index in [1.807, 2.05) is 72.3 Å². The molecule has 0 aliphatic carbocycles. The number of amides is 2. The van der Waals surface area contributed by atoms with E-state index in [0.29, 0.717) is 0 Å². The summed E-state index contributed by atoms with van der Waals surface area (Å²) in [6.45, 7) is 1.90. The standard InChI is InChI=1S/C21H22N4O3/c1-16(18-7-9-19(10-8-18)25-12-11-22-15-25)24-20(26)13-23-21(27)28-14-17-5-3-2-4-6-17/h2-12,15-16H,13-14H2,1H3,(H,23,27)(H,24,26). The van der Waals surface area contributed by atoms with E-state index in [1.165, 1.54) is 0 Å². The molecule has 0 saturated heterocycles. The fraction of sp³-hybridized carbons (Fsp3) is 0.190. The molecule has 0 fully saturated rings. The predicted molar refractivity (Wildman–Crippen MR) is 105 cm³/mol. The third-order valence-corrected chi connectivity index (χ3v) is 4.18. The van der Waals surface area contributed by atoms with E-state index in [-0.39, 0.29) is 25.1 Å². The highest BCUT2D eigenvalue weighted by atomic mass is 16.5. The molecular weight excluding hydrogens is 356 g/mol. The van der Waals surface area contributed by atoms with Crippen LogP contribution in [0.1, 0.15) is 24.1 Å². The molecule has 2 aromatic carbocycles. The molecule has 0 bridgehead atoms. The van der Waals surface area contributed by atoms with E-state index < -0.39 is 6.09 Å². The number of carbonyl (C=O) groups excluding carboxylic acids is 2. The van der Waals surface area contributed by atoms with Crippen molar-refractivity contribution in [1.82, 2.24) is 20.2 Å². The van der Waals surface area contributed by atoms with Crippen LogP contribution in [0.5, 0.6) is 0 Å². The lowest BCUT2D eigenvalue weighted by atomic mass is 10.1. The Morgan fingerprint density at radius 3 is 2.54 bits per heavy atom. The molecular formula is C21H22N4O3. The summed E-state index contributed by atoms with van der Waals surface area (Å²) in [7, 11) is 0. The van der Waals surface area contributed by atoms with Gasteiger partial charge in [-0.25, -0.2) is 9.78 Å². The van der Waals surface area contributed by atoms with Crippen LogP contribution in [0.15, 0.2) is 73.3 Å². The fourth-order valence-corrected chi connectivity index (χ4v) is 2.65. The van der Waals surface area contributed by atoms with Crippen molar-refractivity contribution in [2.24, 2.45) is 0 Å². The van der Waals surface area contributed by atoms with Crippen molar-refractivity contribution in [3.63, 3.8) is 0 Å². The first-order valence-corrected chi connectivity index (χ1v) is 8.94. The Balaban J connectivity index is 1.42. The van der Waals surface area contributed by atoms with Gasteiger partial charge in [-0.15, -0.1) is 0 Å². The van der Waals surface area contributed by atoms with Crippen LogP contribution in [0, 0.1) is 0 Å². The Hall–Kier alpha value is -3.61. The highest BCUT2D eigenvalue weighted by molar-refractivity contribution is 5.82. The molecule has 7 nitrogen and oxygen atoms in total. The van der Waals surface area contributed by atoms with Gasteiger partial charge in [0.25, 0.3) is 0 Å². The van der Waals surface area contributed by atoms with Crippen molar-refractivity contribution in [1.29, 1.82) is 0 Å². The number of nitrogens with one attached hydrogen (secondary N) is 2. The summed E-state index contributed by atoms with van der Waals surface area (Å²) in [5, 5.41) is 5.30. The first-order chi connectivity index (χ1) is 13.6.